The molecule has 0 aliphatic carbocycles. The lowest BCUT2D eigenvalue weighted by molar-refractivity contribution is 0.167. The molecule has 0 saturated carbocycles. The van der Waals surface area contributed by atoms with E-state index >= 15 is 0 Å². The fourth-order valence-corrected chi connectivity index (χ4v) is 1.33. The molecule has 0 amide bonds. The Morgan fingerprint density at radius 2 is 2.13 bits per heavy atom. The molecule has 2 N–H and O–H groups in total. The summed E-state index contributed by atoms with van der Waals surface area (Å²) in [5.74, 6) is -1.94. The van der Waals surface area contributed by atoms with Crippen LogP contribution >= 0.6 is 0 Å². The molecule has 0 bridgehead atoms. The Hall–Kier alpha value is -1.20. The average molecular weight is 217 g/mol. The summed E-state index contributed by atoms with van der Waals surface area (Å²) in [6, 6.07) is 2.25. The van der Waals surface area contributed by atoms with Gasteiger partial charge in [0.1, 0.15) is 5.75 Å². The summed E-state index contributed by atoms with van der Waals surface area (Å²) in [4.78, 5) is 0. The van der Waals surface area contributed by atoms with Gasteiger partial charge in [0.15, 0.2) is 11.6 Å². The number of ether oxygens (including phenoxy) is 1. The molecule has 1 aromatic carbocycles. The molecule has 0 aliphatic heterocycles. The van der Waals surface area contributed by atoms with E-state index in [0.29, 0.717) is 0 Å². The average Bonchev–Trinajstić information content (AvgIpc) is 2.22. The summed E-state index contributed by atoms with van der Waals surface area (Å²) < 4.78 is 31.2. The maximum atomic E-state index is 13.4. The number of hydrogen-bond acceptors (Lipinski definition) is 3. The van der Waals surface area contributed by atoms with Crippen LogP contribution < -0.4 is 10.1 Å². The van der Waals surface area contributed by atoms with Crippen molar-refractivity contribution in [2.24, 2.45) is 0 Å². The summed E-state index contributed by atoms with van der Waals surface area (Å²) in [7, 11) is 2.94. The molecule has 5 heteroatoms. The van der Waals surface area contributed by atoms with Crippen LogP contribution in [0.3, 0.4) is 0 Å². The van der Waals surface area contributed by atoms with E-state index in [1.807, 2.05) is 0 Å². The topological polar surface area (TPSA) is 41.5 Å². The molecule has 15 heavy (non-hydrogen) atoms. The van der Waals surface area contributed by atoms with Crippen molar-refractivity contribution in [2.45, 2.75) is 6.10 Å². The van der Waals surface area contributed by atoms with E-state index in [-0.39, 0.29) is 17.9 Å². The predicted molar refractivity (Wildman–Crippen MR) is 51.8 cm³/mol. The zero-order valence-corrected chi connectivity index (χ0v) is 8.55. The Morgan fingerprint density at radius 1 is 1.47 bits per heavy atom. The van der Waals surface area contributed by atoms with Crippen molar-refractivity contribution in [3.63, 3.8) is 0 Å². The van der Waals surface area contributed by atoms with Gasteiger partial charge in [-0.1, -0.05) is 0 Å². The second kappa shape index (κ2) is 5.04. The van der Waals surface area contributed by atoms with Gasteiger partial charge in [-0.25, -0.2) is 8.78 Å². The number of likely N-dealkylation sites (N-methyl/N-ethyl adjacent to an activating group) is 1. The minimum absolute atomic E-state index is 0.122. The lowest BCUT2D eigenvalue weighted by Gasteiger charge is -2.15. The van der Waals surface area contributed by atoms with Gasteiger partial charge in [-0.05, 0) is 19.2 Å². The van der Waals surface area contributed by atoms with E-state index in [1.54, 1.807) is 7.05 Å². The maximum Gasteiger partial charge on any atom is 0.168 e. The molecular formula is C10H13F2NO2. The highest BCUT2D eigenvalue weighted by molar-refractivity contribution is 5.37. The highest BCUT2D eigenvalue weighted by Gasteiger charge is 2.20. The standard InChI is InChI=1S/C10H13F2NO2/c1-13-5-7(14)9-8(15-2)4-3-6(11)10(9)12/h3-4,7,13-14H,5H2,1-2H3. The zero-order valence-electron chi connectivity index (χ0n) is 8.55. The molecule has 0 spiro atoms. The summed E-state index contributed by atoms with van der Waals surface area (Å²) in [5.41, 5.74) is -0.160. The van der Waals surface area contributed by atoms with Gasteiger partial charge in [-0.15, -0.1) is 0 Å². The van der Waals surface area contributed by atoms with E-state index < -0.39 is 17.7 Å². The van der Waals surface area contributed by atoms with Crippen LogP contribution in [0.1, 0.15) is 11.7 Å². The molecule has 0 saturated heterocycles. The summed E-state index contributed by atoms with van der Waals surface area (Å²) >= 11 is 0. The quantitative estimate of drug-likeness (QED) is 0.797. The molecule has 1 aromatic rings. The number of hydrogen-bond donors (Lipinski definition) is 2. The SMILES string of the molecule is CNCC(O)c1c(OC)ccc(F)c1F. The Kier molecular flexibility index (Phi) is 3.99. The largest absolute Gasteiger partial charge is 0.496 e. The minimum atomic E-state index is -1.14. The Bertz CT molecular complexity index is 344. The van der Waals surface area contributed by atoms with Gasteiger partial charge in [0.25, 0.3) is 0 Å². The second-order valence-electron chi connectivity index (χ2n) is 3.05. The van der Waals surface area contributed by atoms with E-state index in [1.165, 1.54) is 13.2 Å². The van der Waals surface area contributed by atoms with E-state index in [0.717, 1.165) is 6.07 Å². The van der Waals surface area contributed by atoms with Crippen molar-refractivity contribution >= 4 is 0 Å². The number of benzene rings is 1. The molecule has 0 fully saturated rings. The first-order chi connectivity index (χ1) is 7.11. The van der Waals surface area contributed by atoms with Crippen molar-refractivity contribution in [1.82, 2.24) is 5.32 Å². The Morgan fingerprint density at radius 3 is 2.67 bits per heavy atom. The Labute approximate surface area is 86.7 Å². The fourth-order valence-electron chi connectivity index (χ4n) is 1.33. The van der Waals surface area contributed by atoms with Crippen molar-refractivity contribution in [1.29, 1.82) is 0 Å². The van der Waals surface area contributed by atoms with E-state index in [4.69, 9.17) is 4.74 Å². The highest BCUT2D eigenvalue weighted by atomic mass is 19.2. The van der Waals surface area contributed by atoms with Gasteiger partial charge >= 0.3 is 0 Å². The summed E-state index contributed by atoms with van der Waals surface area (Å²) in [6.45, 7) is 0.122. The van der Waals surface area contributed by atoms with Crippen LogP contribution in [0.25, 0.3) is 0 Å². The van der Waals surface area contributed by atoms with Gasteiger partial charge in [0.2, 0.25) is 0 Å². The van der Waals surface area contributed by atoms with Gasteiger partial charge in [-0.3, -0.25) is 0 Å². The molecule has 84 valence electrons. The maximum absolute atomic E-state index is 13.4. The Balaban J connectivity index is 3.17. The monoisotopic (exact) mass is 217 g/mol. The molecule has 1 unspecified atom stereocenters. The van der Waals surface area contributed by atoms with E-state index in [9.17, 15) is 13.9 Å². The summed E-state index contributed by atoms with van der Waals surface area (Å²) in [6.07, 6.45) is -1.14. The van der Waals surface area contributed by atoms with Crippen LogP contribution in [0.4, 0.5) is 8.78 Å². The normalized spacial score (nSPS) is 12.6. The van der Waals surface area contributed by atoms with Crippen LogP contribution in [-0.4, -0.2) is 25.8 Å². The van der Waals surface area contributed by atoms with Crippen molar-refractivity contribution in [2.75, 3.05) is 20.7 Å². The summed E-state index contributed by atoms with van der Waals surface area (Å²) in [5, 5.41) is 12.3. The molecule has 0 radical (unpaired) electrons. The van der Waals surface area contributed by atoms with Crippen molar-refractivity contribution in [3.05, 3.63) is 29.3 Å². The van der Waals surface area contributed by atoms with Crippen LogP contribution in [0.5, 0.6) is 5.75 Å². The van der Waals surface area contributed by atoms with Crippen LogP contribution in [0, 0.1) is 11.6 Å². The third kappa shape index (κ3) is 2.43. The van der Waals surface area contributed by atoms with Gasteiger partial charge in [0.05, 0.1) is 18.8 Å². The lowest BCUT2D eigenvalue weighted by Crippen LogP contribution is -2.18. The number of nitrogens with one attached hydrogen (secondary N) is 1. The lowest BCUT2D eigenvalue weighted by atomic mass is 10.1. The van der Waals surface area contributed by atoms with E-state index in [2.05, 4.69) is 5.32 Å². The number of aliphatic hydroxyl groups is 1. The first kappa shape index (κ1) is 11.9. The molecule has 0 aromatic heterocycles. The highest BCUT2D eigenvalue weighted by Crippen LogP contribution is 2.29. The van der Waals surface area contributed by atoms with Crippen molar-refractivity contribution in [3.8, 4) is 5.75 Å². The van der Waals surface area contributed by atoms with Crippen molar-refractivity contribution < 1.29 is 18.6 Å². The smallest absolute Gasteiger partial charge is 0.168 e. The van der Waals surface area contributed by atoms with Crippen LogP contribution in [-0.2, 0) is 0 Å². The first-order valence-electron chi connectivity index (χ1n) is 4.46. The number of halogens is 2. The molecular weight excluding hydrogens is 204 g/mol. The third-order valence-corrected chi connectivity index (χ3v) is 2.04. The fraction of sp³-hybridized carbons (Fsp3) is 0.400. The molecule has 0 heterocycles. The van der Waals surface area contributed by atoms with Gasteiger partial charge < -0.3 is 15.2 Å². The van der Waals surface area contributed by atoms with Gasteiger partial charge in [0, 0.05) is 6.54 Å². The molecule has 0 aliphatic rings. The molecule has 1 rings (SSSR count). The number of methoxy groups -OCH3 is 1. The number of aliphatic hydroxyl groups excluding tert-OH is 1. The van der Waals surface area contributed by atoms with Crippen LogP contribution in [0.2, 0.25) is 0 Å². The number of rotatable bonds is 4. The molecule has 3 nitrogen and oxygen atoms in total. The minimum Gasteiger partial charge on any atom is -0.496 e. The first-order valence-corrected chi connectivity index (χ1v) is 4.46. The molecule has 1 atom stereocenters. The third-order valence-electron chi connectivity index (χ3n) is 2.04. The van der Waals surface area contributed by atoms with Gasteiger partial charge in [-0.2, -0.15) is 0 Å². The zero-order chi connectivity index (χ0) is 11.4. The predicted octanol–water partition coefficient (Wildman–Crippen LogP) is 1.23. The van der Waals surface area contributed by atoms with Crippen LogP contribution in [0.15, 0.2) is 12.1 Å². The second-order valence-corrected chi connectivity index (χ2v) is 3.05.